The normalized spacial score (nSPS) is 16.1. The maximum Gasteiger partial charge on any atom is 0.126 e. The van der Waals surface area contributed by atoms with Crippen LogP contribution in [0.3, 0.4) is 0 Å². The van der Waals surface area contributed by atoms with Crippen LogP contribution in [0.5, 0.6) is 5.75 Å². The predicted octanol–water partition coefficient (Wildman–Crippen LogP) is 4.92. The first-order valence-electron chi connectivity index (χ1n) is 9.77. The highest BCUT2D eigenvalue weighted by Crippen LogP contribution is 2.22. The second-order valence-electron chi connectivity index (χ2n) is 7.13. The van der Waals surface area contributed by atoms with Crippen LogP contribution in [0.2, 0.25) is 5.02 Å². The molecule has 0 spiro atoms. The molecule has 0 atom stereocenters. The molecule has 0 aliphatic carbocycles. The van der Waals surface area contributed by atoms with Crippen LogP contribution in [0, 0.1) is 0 Å². The molecule has 27 heavy (non-hydrogen) atoms. The van der Waals surface area contributed by atoms with Crippen molar-refractivity contribution in [2.75, 3.05) is 46.4 Å². The first kappa shape index (κ1) is 19.9. The van der Waals surface area contributed by atoms with Crippen LogP contribution >= 0.6 is 11.6 Å². The van der Waals surface area contributed by atoms with Crippen molar-refractivity contribution in [2.24, 2.45) is 0 Å². The van der Waals surface area contributed by atoms with E-state index in [1.54, 1.807) is 0 Å². The predicted molar refractivity (Wildman–Crippen MR) is 115 cm³/mol. The second-order valence-corrected chi connectivity index (χ2v) is 7.56. The smallest absolute Gasteiger partial charge is 0.126 e. The second kappa shape index (κ2) is 10.5. The van der Waals surface area contributed by atoms with Gasteiger partial charge in [0.05, 0.1) is 6.61 Å². The number of nitrogens with zero attached hydrogens (tertiary/aromatic N) is 2. The standard InChI is InChI=1S/C23H29ClN2O/c1-25-14-16-26(17-15-25)13-4-5-18-27-23-10-3-2-8-21(23)12-11-20-7-6-9-22(24)19-20/h2-3,6-12,19H,4-5,13-18H2,1H3/b12-11+. The van der Waals surface area contributed by atoms with Gasteiger partial charge in [0.15, 0.2) is 0 Å². The van der Waals surface area contributed by atoms with Crippen LogP contribution in [0.25, 0.3) is 12.2 Å². The lowest BCUT2D eigenvalue weighted by Crippen LogP contribution is -2.44. The van der Waals surface area contributed by atoms with Gasteiger partial charge in [0.25, 0.3) is 0 Å². The Morgan fingerprint density at radius 1 is 0.963 bits per heavy atom. The van der Waals surface area contributed by atoms with Crippen molar-refractivity contribution in [2.45, 2.75) is 12.8 Å². The Kier molecular flexibility index (Phi) is 7.76. The van der Waals surface area contributed by atoms with E-state index in [2.05, 4.69) is 35.1 Å². The number of rotatable bonds is 8. The molecule has 1 saturated heterocycles. The molecule has 1 heterocycles. The summed E-state index contributed by atoms with van der Waals surface area (Å²) in [5, 5.41) is 0.752. The summed E-state index contributed by atoms with van der Waals surface area (Å²) in [5.74, 6) is 0.940. The minimum absolute atomic E-state index is 0.752. The van der Waals surface area contributed by atoms with Crippen molar-refractivity contribution in [1.82, 2.24) is 9.80 Å². The molecule has 4 heteroatoms. The van der Waals surface area contributed by atoms with E-state index in [0.29, 0.717) is 0 Å². The summed E-state index contributed by atoms with van der Waals surface area (Å²) in [6.45, 7) is 6.68. The van der Waals surface area contributed by atoms with Crippen molar-refractivity contribution in [3.63, 3.8) is 0 Å². The Balaban J connectivity index is 1.45. The van der Waals surface area contributed by atoms with Gasteiger partial charge in [-0.25, -0.2) is 0 Å². The van der Waals surface area contributed by atoms with Gasteiger partial charge in [-0.05, 0) is 50.2 Å². The molecule has 0 amide bonds. The molecule has 0 N–H and O–H groups in total. The zero-order valence-electron chi connectivity index (χ0n) is 16.1. The van der Waals surface area contributed by atoms with Crippen LogP contribution in [0.4, 0.5) is 0 Å². The maximum atomic E-state index is 6.05. The van der Waals surface area contributed by atoms with E-state index in [0.717, 1.165) is 34.9 Å². The number of ether oxygens (including phenoxy) is 1. The van der Waals surface area contributed by atoms with Crippen molar-refractivity contribution in [3.8, 4) is 5.75 Å². The number of halogens is 1. The van der Waals surface area contributed by atoms with Crippen LogP contribution in [-0.4, -0.2) is 56.2 Å². The zero-order valence-corrected chi connectivity index (χ0v) is 16.9. The molecule has 0 saturated carbocycles. The summed E-state index contributed by atoms with van der Waals surface area (Å²) in [4.78, 5) is 4.95. The van der Waals surface area contributed by atoms with Gasteiger partial charge < -0.3 is 14.5 Å². The average Bonchev–Trinajstić information content (AvgIpc) is 2.68. The lowest BCUT2D eigenvalue weighted by atomic mass is 10.1. The molecular weight excluding hydrogens is 356 g/mol. The Bertz CT molecular complexity index is 739. The number of piperazine rings is 1. The summed E-state index contributed by atoms with van der Waals surface area (Å²) < 4.78 is 6.05. The molecule has 0 aromatic heterocycles. The van der Waals surface area contributed by atoms with Crippen LogP contribution in [0.1, 0.15) is 24.0 Å². The SMILES string of the molecule is CN1CCN(CCCCOc2ccccc2/C=C/c2cccc(Cl)c2)CC1. The summed E-state index contributed by atoms with van der Waals surface area (Å²) in [6, 6.07) is 16.0. The van der Waals surface area contributed by atoms with Crippen LogP contribution in [-0.2, 0) is 0 Å². The summed E-state index contributed by atoms with van der Waals surface area (Å²) in [5.41, 5.74) is 2.18. The highest BCUT2D eigenvalue weighted by Gasteiger charge is 2.12. The summed E-state index contributed by atoms with van der Waals surface area (Å²) in [6.07, 6.45) is 6.43. The number of para-hydroxylation sites is 1. The van der Waals surface area contributed by atoms with Crippen LogP contribution < -0.4 is 4.74 Å². The molecule has 3 rings (SSSR count). The fraction of sp³-hybridized carbons (Fsp3) is 0.391. The molecule has 2 aromatic carbocycles. The molecule has 144 valence electrons. The fourth-order valence-corrected chi connectivity index (χ4v) is 3.44. The highest BCUT2D eigenvalue weighted by molar-refractivity contribution is 6.30. The first-order valence-corrected chi connectivity index (χ1v) is 10.1. The van der Waals surface area contributed by atoms with Crippen molar-refractivity contribution in [1.29, 1.82) is 0 Å². The lowest BCUT2D eigenvalue weighted by Gasteiger charge is -2.32. The van der Waals surface area contributed by atoms with Gasteiger partial charge >= 0.3 is 0 Å². The van der Waals surface area contributed by atoms with Gasteiger partial charge in [-0.15, -0.1) is 0 Å². The van der Waals surface area contributed by atoms with E-state index in [-0.39, 0.29) is 0 Å². The van der Waals surface area contributed by atoms with Gasteiger partial charge in [0.1, 0.15) is 5.75 Å². The van der Waals surface area contributed by atoms with Crippen LogP contribution in [0.15, 0.2) is 48.5 Å². The minimum Gasteiger partial charge on any atom is -0.493 e. The number of hydrogen-bond donors (Lipinski definition) is 0. The zero-order chi connectivity index (χ0) is 18.9. The Labute approximate surface area is 168 Å². The average molecular weight is 385 g/mol. The van der Waals surface area contributed by atoms with Gasteiger partial charge in [0, 0.05) is 36.8 Å². The third-order valence-corrected chi connectivity index (χ3v) is 5.18. The molecule has 0 unspecified atom stereocenters. The molecule has 0 bridgehead atoms. The molecule has 1 aliphatic rings. The third kappa shape index (κ3) is 6.69. The topological polar surface area (TPSA) is 15.7 Å². The van der Waals surface area contributed by atoms with E-state index in [9.17, 15) is 0 Å². The minimum atomic E-state index is 0.752. The van der Waals surface area contributed by atoms with Gasteiger partial charge in [-0.3, -0.25) is 0 Å². The summed E-state index contributed by atoms with van der Waals surface area (Å²) >= 11 is 6.05. The van der Waals surface area contributed by atoms with E-state index >= 15 is 0 Å². The van der Waals surface area contributed by atoms with Gasteiger partial charge in [-0.1, -0.05) is 54.1 Å². The van der Waals surface area contributed by atoms with Crippen molar-refractivity contribution >= 4 is 23.8 Å². The fourth-order valence-electron chi connectivity index (χ4n) is 3.24. The summed E-state index contributed by atoms with van der Waals surface area (Å²) in [7, 11) is 2.20. The maximum absolute atomic E-state index is 6.05. The van der Waals surface area contributed by atoms with E-state index in [1.807, 2.05) is 42.5 Å². The van der Waals surface area contributed by atoms with Gasteiger partial charge in [-0.2, -0.15) is 0 Å². The first-order chi connectivity index (χ1) is 13.2. The third-order valence-electron chi connectivity index (χ3n) is 4.95. The Hall–Kier alpha value is -1.81. The molecule has 1 fully saturated rings. The molecule has 3 nitrogen and oxygen atoms in total. The molecular formula is C23H29ClN2O. The monoisotopic (exact) mass is 384 g/mol. The number of benzene rings is 2. The number of likely N-dealkylation sites (N-methyl/N-ethyl adjacent to an activating group) is 1. The van der Waals surface area contributed by atoms with E-state index in [4.69, 9.17) is 16.3 Å². The largest absolute Gasteiger partial charge is 0.493 e. The van der Waals surface area contributed by atoms with E-state index < -0.39 is 0 Å². The van der Waals surface area contributed by atoms with Gasteiger partial charge in [0.2, 0.25) is 0 Å². The van der Waals surface area contributed by atoms with E-state index in [1.165, 1.54) is 39.1 Å². The number of hydrogen-bond acceptors (Lipinski definition) is 3. The number of unbranched alkanes of at least 4 members (excludes halogenated alkanes) is 1. The Morgan fingerprint density at radius 2 is 1.78 bits per heavy atom. The lowest BCUT2D eigenvalue weighted by molar-refractivity contribution is 0.150. The molecule has 2 aromatic rings. The highest BCUT2D eigenvalue weighted by atomic mass is 35.5. The van der Waals surface area contributed by atoms with Crippen molar-refractivity contribution in [3.05, 3.63) is 64.7 Å². The van der Waals surface area contributed by atoms with Crippen molar-refractivity contribution < 1.29 is 4.74 Å². The quantitative estimate of drug-likeness (QED) is 0.474. The molecule has 0 radical (unpaired) electrons. The molecule has 1 aliphatic heterocycles. The Morgan fingerprint density at radius 3 is 2.59 bits per heavy atom.